The Labute approximate surface area is 178 Å². The van der Waals surface area contributed by atoms with Crippen LogP contribution in [0.5, 0.6) is 0 Å². The number of fused-ring (bicyclic) bond motifs is 2. The number of pyridine rings is 1. The number of hydrogen-bond donors (Lipinski definition) is 1. The number of methoxy groups -OCH3 is 1. The Kier molecular flexibility index (Phi) is 5.11. The van der Waals surface area contributed by atoms with Gasteiger partial charge in [0.05, 0.1) is 0 Å². The number of nitrogens with zero attached hydrogens (tertiary/aromatic N) is 2. The number of carbonyl (C=O) groups is 1. The molecule has 1 aromatic heterocycles. The van der Waals surface area contributed by atoms with Crippen LogP contribution in [0.1, 0.15) is 59.6 Å². The molecule has 2 saturated carbocycles. The number of rotatable bonds is 5. The Morgan fingerprint density at radius 1 is 1.10 bits per heavy atom. The molecule has 5 atom stereocenters. The van der Waals surface area contributed by atoms with Crippen LogP contribution >= 0.6 is 0 Å². The Hall–Kier alpha value is -2.24. The molecule has 5 nitrogen and oxygen atoms in total. The normalized spacial score (nSPS) is 33.6. The van der Waals surface area contributed by atoms with E-state index in [0.29, 0.717) is 29.5 Å². The van der Waals surface area contributed by atoms with Crippen LogP contribution in [0.4, 0.5) is 0 Å². The zero-order valence-electron chi connectivity index (χ0n) is 17.7. The van der Waals surface area contributed by atoms with Gasteiger partial charge in [0.25, 0.3) is 5.91 Å². The molecule has 5 heteroatoms. The maximum atomic E-state index is 11.7. The van der Waals surface area contributed by atoms with Crippen molar-refractivity contribution in [2.75, 3.05) is 20.2 Å². The molecule has 1 unspecified atom stereocenters. The highest BCUT2D eigenvalue weighted by Crippen LogP contribution is 2.53. The molecule has 2 bridgehead atoms. The summed E-state index contributed by atoms with van der Waals surface area (Å²) in [6.07, 6.45) is 7.81. The van der Waals surface area contributed by atoms with E-state index in [0.717, 1.165) is 31.5 Å². The number of amides is 1. The summed E-state index contributed by atoms with van der Waals surface area (Å²) in [5.74, 6) is 0.987. The minimum Gasteiger partial charge on any atom is -0.373 e. The number of likely N-dealkylation sites (tertiary alicyclic amines) is 1. The van der Waals surface area contributed by atoms with Gasteiger partial charge < -0.3 is 10.5 Å². The van der Waals surface area contributed by atoms with Gasteiger partial charge in [0, 0.05) is 44.3 Å². The third kappa shape index (κ3) is 3.07. The molecule has 2 N–H and O–H groups in total. The van der Waals surface area contributed by atoms with Gasteiger partial charge in [-0.05, 0) is 54.9 Å². The minimum atomic E-state index is -0.481. The van der Waals surface area contributed by atoms with Crippen molar-refractivity contribution in [3.63, 3.8) is 0 Å². The van der Waals surface area contributed by atoms with E-state index in [9.17, 15) is 4.79 Å². The third-order valence-corrected chi connectivity index (χ3v) is 7.96. The third-order valence-electron chi connectivity index (χ3n) is 7.96. The van der Waals surface area contributed by atoms with Gasteiger partial charge in [-0.15, -0.1) is 0 Å². The van der Waals surface area contributed by atoms with Crippen molar-refractivity contribution in [2.45, 2.75) is 49.7 Å². The predicted octanol–water partition coefficient (Wildman–Crippen LogP) is 3.70. The molecule has 3 fully saturated rings. The molecule has 5 rings (SSSR count). The number of benzene rings is 1. The molecular weight excluding hydrogens is 374 g/mol. The summed E-state index contributed by atoms with van der Waals surface area (Å²) < 4.78 is 6.35. The lowest BCUT2D eigenvalue weighted by Crippen LogP contribution is -2.62. The molecule has 1 saturated heterocycles. The minimum absolute atomic E-state index is 0.326. The largest absolute Gasteiger partial charge is 0.373 e. The van der Waals surface area contributed by atoms with Gasteiger partial charge >= 0.3 is 0 Å². The highest BCUT2D eigenvalue weighted by atomic mass is 16.5. The quantitative estimate of drug-likeness (QED) is 0.824. The van der Waals surface area contributed by atoms with Gasteiger partial charge in [-0.3, -0.25) is 14.7 Å². The van der Waals surface area contributed by atoms with Gasteiger partial charge in [0.15, 0.2) is 0 Å². The maximum absolute atomic E-state index is 11.7. The molecule has 1 aliphatic heterocycles. The lowest BCUT2D eigenvalue weighted by molar-refractivity contribution is -0.179. The van der Waals surface area contributed by atoms with Gasteiger partial charge in [-0.2, -0.15) is 0 Å². The van der Waals surface area contributed by atoms with Crippen molar-refractivity contribution in [1.82, 2.24) is 9.88 Å². The zero-order chi connectivity index (χ0) is 20.7. The Morgan fingerprint density at radius 2 is 1.83 bits per heavy atom. The fraction of sp³-hybridized carbons (Fsp3) is 0.520. The van der Waals surface area contributed by atoms with Crippen molar-refractivity contribution in [3.8, 4) is 0 Å². The van der Waals surface area contributed by atoms with E-state index in [-0.39, 0.29) is 5.60 Å². The van der Waals surface area contributed by atoms with Crippen LogP contribution in [-0.2, 0) is 10.3 Å². The number of carbonyl (C=O) groups excluding carboxylic acids is 1. The predicted molar refractivity (Wildman–Crippen MR) is 116 cm³/mol. The van der Waals surface area contributed by atoms with E-state index in [1.807, 2.05) is 19.2 Å². The number of aromatic nitrogens is 1. The summed E-state index contributed by atoms with van der Waals surface area (Å²) >= 11 is 0. The smallest absolute Gasteiger partial charge is 0.267 e. The second-order valence-corrected chi connectivity index (χ2v) is 9.23. The second-order valence-electron chi connectivity index (χ2n) is 9.23. The first-order chi connectivity index (χ1) is 14.6. The number of nitrogens with two attached hydrogens (primary N) is 1. The van der Waals surface area contributed by atoms with Crippen LogP contribution in [0.3, 0.4) is 0 Å². The maximum Gasteiger partial charge on any atom is 0.267 e. The number of ether oxygens (including phenoxy) is 1. The van der Waals surface area contributed by atoms with E-state index in [2.05, 4.69) is 40.2 Å². The van der Waals surface area contributed by atoms with E-state index in [1.165, 1.54) is 24.8 Å². The molecule has 0 spiro atoms. The fourth-order valence-electron chi connectivity index (χ4n) is 6.48. The summed E-state index contributed by atoms with van der Waals surface area (Å²) in [6.45, 7) is 2.10. The van der Waals surface area contributed by atoms with Crippen molar-refractivity contribution >= 4 is 5.91 Å². The molecule has 1 aromatic carbocycles. The van der Waals surface area contributed by atoms with Crippen LogP contribution in [0.2, 0.25) is 0 Å². The van der Waals surface area contributed by atoms with Crippen molar-refractivity contribution in [3.05, 3.63) is 65.5 Å². The molecular formula is C25H31N3O2. The van der Waals surface area contributed by atoms with E-state index in [1.54, 1.807) is 6.20 Å². The second kappa shape index (κ2) is 7.78. The molecule has 3 aliphatic rings. The number of piperidine rings is 1. The van der Waals surface area contributed by atoms with Crippen LogP contribution in [-0.4, -0.2) is 42.0 Å². The van der Waals surface area contributed by atoms with Gasteiger partial charge in [-0.25, -0.2) is 0 Å². The lowest BCUT2D eigenvalue weighted by Gasteiger charge is -2.58. The Morgan fingerprint density at radius 3 is 2.43 bits per heavy atom. The molecule has 1 amide bonds. The fourth-order valence-corrected chi connectivity index (χ4v) is 6.48. The summed E-state index contributed by atoms with van der Waals surface area (Å²) in [6, 6.07) is 15.5. The van der Waals surface area contributed by atoms with Gasteiger partial charge in [0.2, 0.25) is 0 Å². The monoisotopic (exact) mass is 405 g/mol. The highest BCUT2D eigenvalue weighted by molar-refractivity contribution is 5.90. The molecule has 2 aromatic rings. The average Bonchev–Trinajstić information content (AvgIpc) is 2.73. The topological polar surface area (TPSA) is 68.5 Å². The molecule has 0 radical (unpaired) electrons. The van der Waals surface area contributed by atoms with Crippen molar-refractivity contribution in [1.29, 1.82) is 0 Å². The van der Waals surface area contributed by atoms with E-state index in [4.69, 9.17) is 10.5 Å². The van der Waals surface area contributed by atoms with E-state index < -0.39 is 5.91 Å². The average molecular weight is 406 g/mol. The summed E-state index contributed by atoms with van der Waals surface area (Å²) in [7, 11) is 1.83. The lowest BCUT2D eigenvalue weighted by atomic mass is 9.61. The first-order valence-electron chi connectivity index (χ1n) is 11.2. The van der Waals surface area contributed by atoms with Crippen LogP contribution < -0.4 is 5.73 Å². The van der Waals surface area contributed by atoms with Crippen molar-refractivity contribution in [2.24, 2.45) is 17.6 Å². The number of hydrogen-bond acceptors (Lipinski definition) is 4. The van der Waals surface area contributed by atoms with Crippen molar-refractivity contribution < 1.29 is 9.53 Å². The molecule has 2 aliphatic carbocycles. The summed E-state index contributed by atoms with van der Waals surface area (Å²) in [4.78, 5) is 18.6. The number of primary amides is 1. The molecule has 158 valence electrons. The first kappa shape index (κ1) is 19.7. The Bertz CT molecular complexity index is 902. The first-order valence-corrected chi connectivity index (χ1v) is 11.2. The van der Waals surface area contributed by atoms with Crippen LogP contribution in [0, 0.1) is 11.8 Å². The zero-order valence-corrected chi connectivity index (χ0v) is 17.7. The highest BCUT2D eigenvalue weighted by Gasteiger charge is 2.55. The van der Waals surface area contributed by atoms with E-state index >= 15 is 0 Å². The van der Waals surface area contributed by atoms with Crippen LogP contribution in [0.15, 0.2) is 48.7 Å². The standard InChI is InChI=1S/C25H31N3O2/c1-30-25(18-12-13-27-22(14-18)24(26)29)19-8-5-9-20(25)16-28(15-19)23-11-10-21(23)17-6-3-2-4-7-17/h2-4,6-7,12-14,19-21,23H,5,8-11,15-16H2,1H3,(H2,26,29)/t19-,20+,21-,23+,25?/m0/s1. The summed E-state index contributed by atoms with van der Waals surface area (Å²) in [5, 5.41) is 0. The SMILES string of the molecule is COC1(c2ccnc(C(N)=O)c2)[C@@H]2CCC[C@H]1CN([C@@H]1CC[C@H]1c1ccccc1)C2. The Balaban J connectivity index is 1.44. The summed E-state index contributed by atoms with van der Waals surface area (Å²) in [5.41, 5.74) is 8.03. The molecule has 2 heterocycles. The van der Waals surface area contributed by atoms with Crippen LogP contribution in [0.25, 0.3) is 0 Å². The molecule has 30 heavy (non-hydrogen) atoms. The van der Waals surface area contributed by atoms with Gasteiger partial charge in [-0.1, -0.05) is 36.8 Å². The van der Waals surface area contributed by atoms with Gasteiger partial charge in [0.1, 0.15) is 11.3 Å².